The molecule has 0 aliphatic carbocycles. The molecule has 2 nitrogen and oxygen atoms in total. The number of hydrogen-bond donors (Lipinski definition) is 1. The summed E-state index contributed by atoms with van der Waals surface area (Å²) in [6.07, 6.45) is 1.09. The van der Waals surface area contributed by atoms with Gasteiger partial charge in [-0.25, -0.2) is 13.8 Å². The minimum absolute atomic E-state index is 0.0885. The molecule has 1 saturated heterocycles. The van der Waals surface area contributed by atoms with Gasteiger partial charge in [-0.05, 0) is 19.4 Å². The first kappa shape index (κ1) is 9.98. The van der Waals surface area contributed by atoms with Crippen molar-refractivity contribution in [2.45, 2.75) is 25.2 Å². The second-order valence-corrected chi connectivity index (χ2v) is 4.54. The molecule has 1 aromatic rings. The zero-order valence-corrected chi connectivity index (χ0v) is 8.49. The molecule has 1 unspecified atom stereocenters. The Labute approximate surface area is 85.4 Å². The number of aromatic nitrogens is 1. The van der Waals surface area contributed by atoms with Crippen LogP contribution in [-0.2, 0) is 0 Å². The number of nitrogens with one attached hydrogen (secondary N) is 1. The third-order valence-electron chi connectivity index (χ3n) is 2.40. The fraction of sp³-hybridized carbons (Fsp3) is 0.667. The molecule has 0 spiro atoms. The lowest BCUT2D eigenvalue weighted by molar-refractivity contribution is 0.155. The van der Waals surface area contributed by atoms with Crippen LogP contribution in [0, 0.1) is 0 Å². The van der Waals surface area contributed by atoms with Crippen molar-refractivity contribution in [1.29, 1.82) is 0 Å². The maximum atomic E-state index is 12.3. The Kier molecular flexibility index (Phi) is 3.08. The number of piperidine rings is 1. The van der Waals surface area contributed by atoms with Crippen LogP contribution in [0.1, 0.15) is 35.1 Å². The molecule has 0 radical (unpaired) electrons. The summed E-state index contributed by atoms with van der Waals surface area (Å²) < 4.78 is 24.6. The van der Waals surface area contributed by atoms with E-state index in [9.17, 15) is 8.78 Å². The molecule has 0 bridgehead atoms. The maximum Gasteiger partial charge on any atom is 0.274 e. The molecule has 1 aliphatic heterocycles. The van der Waals surface area contributed by atoms with E-state index in [1.54, 1.807) is 0 Å². The fourth-order valence-corrected chi connectivity index (χ4v) is 2.56. The number of alkyl halides is 2. The van der Waals surface area contributed by atoms with Crippen molar-refractivity contribution in [3.63, 3.8) is 0 Å². The highest BCUT2D eigenvalue weighted by atomic mass is 32.1. The van der Waals surface area contributed by atoms with Gasteiger partial charge in [0.15, 0.2) is 0 Å². The van der Waals surface area contributed by atoms with Crippen molar-refractivity contribution >= 4 is 11.3 Å². The standard InChI is InChI=1S/C9H12F2N2S/c10-8(11)7-5-13-9(14-7)6-2-1-3-12-4-6/h5-6,8,12H,1-4H2. The van der Waals surface area contributed by atoms with Gasteiger partial charge in [0.25, 0.3) is 6.43 Å². The first-order valence-electron chi connectivity index (χ1n) is 4.72. The highest BCUT2D eigenvalue weighted by Crippen LogP contribution is 2.31. The Morgan fingerprint density at radius 3 is 3.00 bits per heavy atom. The Hall–Kier alpha value is -0.550. The van der Waals surface area contributed by atoms with Gasteiger partial charge in [0.05, 0.1) is 9.88 Å². The Balaban J connectivity index is 2.07. The third-order valence-corrected chi connectivity index (χ3v) is 3.57. The average Bonchev–Trinajstić information content (AvgIpc) is 2.68. The van der Waals surface area contributed by atoms with Gasteiger partial charge >= 0.3 is 0 Å². The zero-order valence-electron chi connectivity index (χ0n) is 7.67. The van der Waals surface area contributed by atoms with Gasteiger partial charge < -0.3 is 5.32 Å². The predicted octanol–water partition coefficient (Wildman–Crippen LogP) is 2.55. The summed E-state index contributed by atoms with van der Waals surface area (Å²) in [5.74, 6) is 0.334. The molecule has 0 aromatic carbocycles. The highest BCUT2D eigenvalue weighted by Gasteiger charge is 2.20. The quantitative estimate of drug-likeness (QED) is 0.825. The average molecular weight is 218 g/mol. The first-order chi connectivity index (χ1) is 6.77. The normalized spacial score (nSPS) is 22.9. The van der Waals surface area contributed by atoms with Gasteiger partial charge in [-0.3, -0.25) is 0 Å². The van der Waals surface area contributed by atoms with Crippen LogP contribution in [0.25, 0.3) is 0 Å². The molecular formula is C9H12F2N2S. The fourth-order valence-electron chi connectivity index (χ4n) is 1.65. The summed E-state index contributed by atoms with van der Waals surface area (Å²) in [5, 5.41) is 4.11. The van der Waals surface area contributed by atoms with Crippen molar-refractivity contribution < 1.29 is 8.78 Å². The van der Waals surface area contributed by atoms with Gasteiger partial charge in [-0.1, -0.05) is 0 Å². The van der Waals surface area contributed by atoms with Crippen molar-refractivity contribution in [2.75, 3.05) is 13.1 Å². The molecule has 1 fully saturated rings. The summed E-state index contributed by atoms with van der Waals surface area (Å²) in [4.78, 5) is 4.15. The van der Waals surface area contributed by atoms with E-state index in [2.05, 4.69) is 10.3 Å². The number of thiazole rings is 1. The molecule has 0 saturated carbocycles. The van der Waals surface area contributed by atoms with E-state index in [1.807, 2.05) is 0 Å². The minimum atomic E-state index is -2.38. The molecule has 1 atom stereocenters. The summed E-state index contributed by atoms with van der Waals surface area (Å²) >= 11 is 1.15. The molecule has 2 heterocycles. The van der Waals surface area contributed by atoms with Crippen LogP contribution in [0.5, 0.6) is 0 Å². The van der Waals surface area contributed by atoms with E-state index in [0.717, 1.165) is 42.3 Å². The SMILES string of the molecule is FC(F)c1cnc(C2CCCNC2)s1. The number of halogens is 2. The molecule has 1 N–H and O–H groups in total. The van der Waals surface area contributed by atoms with Crippen LogP contribution in [0.2, 0.25) is 0 Å². The molecule has 78 valence electrons. The number of hydrogen-bond acceptors (Lipinski definition) is 3. The van der Waals surface area contributed by atoms with Crippen LogP contribution in [0.3, 0.4) is 0 Å². The van der Waals surface area contributed by atoms with Crippen LogP contribution < -0.4 is 5.32 Å². The smallest absolute Gasteiger partial charge is 0.274 e. The Morgan fingerprint density at radius 2 is 2.43 bits per heavy atom. The van der Waals surface area contributed by atoms with Crippen molar-refractivity contribution in [2.24, 2.45) is 0 Å². The Morgan fingerprint density at radius 1 is 1.57 bits per heavy atom. The van der Waals surface area contributed by atoms with Gasteiger partial charge in [0.1, 0.15) is 0 Å². The van der Waals surface area contributed by atoms with Gasteiger partial charge in [-0.2, -0.15) is 0 Å². The highest BCUT2D eigenvalue weighted by molar-refractivity contribution is 7.11. The monoisotopic (exact) mass is 218 g/mol. The largest absolute Gasteiger partial charge is 0.316 e. The summed E-state index contributed by atoms with van der Waals surface area (Å²) in [6.45, 7) is 1.90. The van der Waals surface area contributed by atoms with Gasteiger partial charge in [-0.15, -0.1) is 11.3 Å². The van der Waals surface area contributed by atoms with Crippen molar-refractivity contribution in [3.8, 4) is 0 Å². The van der Waals surface area contributed by atoms with E-state index in [-0.39, 0.29) is 4.88 Å². The second-order valence-electron chi connectivity index (χ2n) is 3.44. The lowest BCUT2D eigenvalue weighted by Gasteiger charge is -2.20. The van der Waals surface area contributed by atoms with E-state index < -0.39 is 6.43 Å². The van der Waals surface area contributed by atoms with Gasteiger partial charge in [0, 0.05) is 18.7 Å². The van der Waals surface area contributed by atoms with E-state index in [0.29, 0.717) is 5.92 Å². The van der Waals surface area contributed by atoms with Crippen LogP contribution in [-0.4, -0.2) is 18.1 Å². The van der Waals surface area contributed by atoms with Crippen LogP contribution >= 0.6 is 11.3 Å². The lowest BCUT2D eigenvalue weighted by Crippen LogP contribution is -2.28. The third kappa shape index (κ3) is 2.09. The van der Waals surface area contributed by atoms with E-state index in [4.69, 9.17) is 0 Å². The zero-order chi connectivity index (χ0) is 9.97. The summed E-state index contributed by atoms with van der Waals surface area (Å²) in [6, 6.07) is 0. The number of rotatable bonds is 2. The van der Waals surface area contributed by atoms with Crippen LogP contribution in [0.4, 0.5) is 8.78 Å². The second kappa shape index (κ2) is 4.31. The van der Waals surface area contributed by atoms with Crippen molar-refractivity contribution in [1.82, 2.24) is 10.3 Å². The minimum Gasteiger partial charge on any atom is -0.316 e. The summed E-state index contributed by atoms with van der Waals surface area (Å²) in [5.41, 5.74) is 0. The molecule has 1 aromatic heterocycles. The predicted molar refractivity (Wildman–Crippen MR) is 51.9 cm³/mol. The summed E-state index contributed by atoms with van der Waals surface area (Å²) in [7, 11) is 0. The van der Waals surface area contributed by atoms with Gasteiger partial charge in [0.2, 0.25) is 0 Å². The Bertz CT molecular complexity index is 295. The molecule has 1 aliphatic rings. The van der Waals surface area contributed by atoms with E-state index >= 15 is 0 Å². The molecule has 14 heavy (non-hydrogen) atoms. The number of nitrogens with zero attached hydrogens (tertiary/aromatic N) is 1. The molecule has 2 rings (SSSR count). The molecular weight excluding hydrogens is 206 g/mol. The van der Waals surface area contributed by atoms with Crippen molar-refractivity contribution in [3.05, 3.63) is 16.1 Å². The topological polar surface area (TPSA) is 24.9 Å². The molecule has 5 heteroatoms. The van der Waals surface area contributed by atoms with Crippen LogP contribution in [0.15, 0.2) is 6.20 Å². The molecule has 0 amide bonds. The van der Waals surface area contributed by atoms with E-state index in [1.165, 1.54) is 6.20 Å². The first-order valence-corrected chi connectivity index (χ1v) is 5.53. The maximum absolute atomic E-state index is 12.3. The lowest BCUT2D eigenvalue weighted by atomic mass is 10.0.